The van der Waals surface area contributed by atoms with E-state index < -0.39 is 0 Å². The summed E-state index contributed by atoms with van der Waals surface area (Å²) in [6, 6.07) is 4.71. The minimum atomic E-state index is -0.291. The first kappa shape index (κ1) is 26.4. The molecule has 3 aliphatic rings. The molecule has 0 radical (unpaired) electrons. The lowest BCUT2D eigenvalue weighted by molar-refractivity contribution is -0.0701. The Balaban J connectivity index is 1.33. The third kappa shape index (κ3) is 5.23. The summed E-state index contributed by atoms with van der Waals surface area (Å²) in [6.45, 7) is 11.1. The number of piperidine rings is 1. The van der Waals surface area contributed by atoms with Crippen LogP contribution in [0.1, 0.15) is 90.7 Å². The average molecular weight is 525 g/mol. The van der Waals surface area contributed by atoms with Crippen LogP contribution in [0.3, 0.4) is 0 Å². The van der Waals surface area contributed by atoms with Gasteiger partial charge in [0.25, 0.3) is 0 Å². The fourth-order valence-electron chi connectivity index (χ4n) is 6.78. The maximum atomic E-state index is 13.6. The van der Waals surface area contributed by atoms with Gasteiger partial charge in [0.15, 0.2) is 5.58 Å². The maximum absolute atomic E-state index is 13.6. The van der Waals surface area contributed by atoms with Gasteiger partial charge in [-0.1, -0.05) is 57.9 Å². The molecule has 2 aliphatic carbocycles. The third-order valence-electron chi connectivity index (χ3n) is 8.96. The number of thiocarbonyl (C=S) groups is 1. The second kappa shape index (κ2) is 10.9. The largest absolute Gasteiger partial charge is 0.486 e. The van der Waals surface area contributed by atoms with Gasteiger partial charge >= 0.3 is 0 Å². The van der Waals surface area contributed by atoms with E-state index >= 15 is 0 Å². The Bertz CT molecular complexity index is 1190. The molecule has 1 saturated carbocycles. The number of hydrogen-bond donors (Lipinski definition) is 0. The van der Waals surface area contributed by atoms with Crippen LogP contribution >= 0.6 is 12.2 Å². The number of fused-ring (bicyclic) bond motifs is 1. The van der Waals surface area contributed by atoms with E-state index in [9.17, 15) is 4.39 Å². The molecule has 6 heteroatoms. The van der Waals surface area contributed by atoms with Gasteiger partial charge in [-0.05, 0) is 74.6 Å². The molecule has 37 heavy (non-hydrogen) atoms. The molecule has 1 aromatic heterocycles. The van der Waals surface area contributed by atoms with Gasteiger partial charge in [-0.2, -0.15) is 0 Å². The second-order valence-corrected chi connectivity index (χ2v) is 12.3. The normalized spacial score (nSPS) is 27.5. The van der Waals surface area contributed by atoms with Crippen LogP contribution in [0.15, 0.2) is 46.3 Å². The number of benzene rings is 1. The van der Waals surface area contributed by atoms with E-state index in [1.807, 2.05) is 0 Å². The molecule has 1 aliphatic heterocycles. The van der Waals surface area contributed by atoms with Crippen LogP contribution in [-0.4, -0.2) is 33.6 Å². The van der Waals surface area contributed by atoms with Crippen molar-refractivity contribution >= 4 is 28.1 Å². The molecule has 3 atom stereocenters. The zero-order chi connectivity index (χ0) is 26.2. The fourth-order valence-corrected chi connectivity index (χ4v) is 7.13. The first-order chi connectivity index (χ1) is 17.8. The molecule has 1 aromatic carbocycles. The number of likely N-dealkylation sites (tertiary alicyclic amines) is 1. The molecular formula is C31H41FN2O2S. The molecule has 4 nitrogen and oxygen atoms in total. The summed E-state index contributed by atoms with van der Waals surface area (Å²) < 4.78 is 25.9. The Morgan fingerprint density at radius 1 is 1.22 bits per heavy atom. The van der Waals surface area contributed by atoms with Crippen molar-refractivity contribution in [1.82, 2.24) is 10.1 Å². The molecule has 0 bridgehead atoms. The first-order valence-electron chi connectivity index (χ1n) is 14.3. The topological polar surface area (TPSA) is 38.5 Å². The maximum Gasteiger partial charge on any atom is 0.170 e. The number of halogens is 1. The minimum Gasteiger partial charge on any atom is -0.486 e. The molecule has 2 fully saturated rings. The molecule has 2 heterocycles. The summed E-state index contributed by atoms with van der Waals surface area (Å²) in [5.74, 6) is 2.32. The average Bonchev–Trinajstić information content (AvgIpc) is 3.30. The summed E-state index contributed by atoms with van der Waals surface area (Å²) in [7, 11) is 0. The van der Waals surface area contributed by atoms with Crippen LogP contribution in [0.25, 0.3) is 11.0 Å². The Kier molecular flexibility index (Phi) is 7.76. The highest BCUT2D eigenvalue weighted by atomic mass is 32.1. The molecule has 2 aromatic rings. The summed E-state index contributed by atoms with van der Waals surface area (Å²) >= 11 is 6.13. The van der Waals surface area contributed by atoms with Crippen LogP contribution in [0.5, 0.6) is 0 Å². The highest BCUT2D eigenvalue weighted by molar-refractivity contribution is 7.80. The Morgan fingerprint density at radius 3 is 2.70 bits per heavy atom. The van der Waals surface area contributed by atoms with Crippen molar-refractivity contribution in [1.29, 1.82) is 0 Å². The van der Waals surface area contributed by atoms with Crippen molar-refractivity contribution in [2.75, 3.05) is 13.1 Å². The smallest absolute Gasteiger partial charge is 0.170 e. The van der Waals surface area contributed by atoms with Crippen LogP contribution in [-0.2, 0) is 4.74 Å². The summed E-state index contributed by atoms with van der Waals surface area (Å²) in [6.07, 6.45) is 13.3. The highest BCUT2D eigenvalue weighted by Crippen LogP contribution is 2.44. The van der Waals surface area contributed by atoms with E-state index in [2.05, 4.69) is 49.9 Å². The Labute approximate surface area is 226 Å². The summed E-state index contributed by atoms with van der Waals surface area (Å²) in [4.78, 5) is 3.49. The number of aromatic nitrogens is 1. The van der Waals surface area contributed by atoms with Gasteiger partial charge < -0.3 is 14.2 Å². The quantitative estimate of drug-likeness (QED) is 0.340. The van der Waals surface area contributed by atoms with Gasteiger partial charge in [0, 0.05) is 42.1 Å². The van der Waals surface area contributed by atoms with Crippen molar-refractivity contribution in [2.45, 2.75) is 90.6 Å². The SMILES string of the molecule is CCCC1C(=S)C(OC2(C(C)C)CCCC(C)C2)=CC=C1N1CCC(c2noc3cc(F)ccc23)CC1. The zero-order valence-electron chi connectivity index (χ0n) is 22.8. The molecular weight excluding hydrogens is 483 g/mol. The van der Waals surface area contributed by atoms with Crippen molar-refractivity contribution in [3.8, 4) is 0 Å². The van der Waals surface area contributed by atoms with Crippen LogP contribution in [0, 0.1) is 23.6 Å². The van der Waals surface area contributed by atoms with Gasteiger partial charge in [-0.15, -0.1) is 0 Å². The Morgan fingerprint density at radius 2 is 2.00 bits per heavy atom. The lowest BCUT2D eigenvalue weighted by Gasteiger charge is -2.45. The molecule has 0 spiro atoms. The number of hydrogen-bond acceptors (Lipinski definition) is 5. The monoisotopic (exact) mass is 524 g/mol. The molecule has 3 unspecified atom stereocenters. The van der Waals surface area contributed by atoms with E-state index in [0.29, 0.717) is 23.3 Å². The third-order valence-corrected chi connectivity index (χ3v) is 9.45. The fraction of sp³-hybridized carbons (Fsp3) is 0.613. The molecule has 5 rings (SSSR count). The van der Waals surface area contributed by atoms with Crippen molar-refractivity contribution in [2.24, 2.45) is 17.8 Å². The predicted octanol–water partition coefficient (Wildman–Crippen LogP) is 8.34. The zero-order valence-corrected chi connectivity index (χ0v) is 23.6. The van der Waals surface area contributed by atoms with E-state index in [4.69, 9.17) is 21.5 Å². The molecule has 200 valence electrons. The Hall–Kier alpha value is -2.21. The van der Waals surface area contributed by atoms with Crippen LogP contribution < -0.4 is 0 Å². The lowest BCUT2D eigenvalue weighted by Crippen LogP contribution is -2.44. The van der Waals surface area contributed by atoms with Crippen LogP contribution in [0.2, 0.25) is 0 Å². The lowest BCUT2D eigenvalue weighted by atomic mass is 9.72. The van der Waals surface area contributed by atoms with Crippen molar-refractivity contribution in [3.05, 3.63) is 53.3 Å². The van der Waals surface area contributed by atoms with Gasteiger partial charge in [-0.3, -0.25) is 0 Å². The number of ether oxygens (including phenoxy) is 1. The molecule has 0 N–H and O–H groups in total. The van der Waals surface area contributed by atoms with Gasteiger partial charge in [0.05, 0.1) is 10.6 Å². The first-order valence-corrected chi connectivity index (χ1v) is 14.7. The van der Waals surface area contributed by atoms with E-state index in [-0.39, 0.29) is 17.3 Å². The highest BCUT2D eigenvalue weighted by Gasteiger charge is 2.42. The summed E-state index contributed by atoms with van der Waals surface area (Å²) in [5.41, 5.74) is 2.71. The van der Waals surface area contributed by atoms with E-state index in [1.54, 1.807) is 6.07 Å². The summed E-state index contributed by atoms with van der Waals surface area (Å²) in [5, 5.41) is 5.26. The molecule has 1 saturated heterocycles. The standard InChI is InChI=1S/C31H41FN2O2S/c1-5-7-24-26(11-12-27(30(24)37)35-31(20(2)3)15-6-8-21(4)19-31)34-16-13-22(14-17-34)29-25-10-9-23(32)18-28(25)36-33-29/h9-12,18,20-22,24H,5-8,13-17,19H2,1-4H3. The van der Waals surface area contributed by atoms with Gasteiger partial charge in [0.1, 0.15) is 17.2 Å². The van der Waals surface area contributed by atoms with Crippen LogP contribution in [0.4, 0.5) is 4.39 Å². The second-order valence-electron chi connectivity index (χ2n) is 11.8. The van der Waals surface area contributed by atoms with Gasteiger partial charge in [0.2, 0.25) is 0 Å². The number of rotatable bonds is 7. The number of nitrogens with zero attached hydrogens (tertiary/aromatic N) is 2. The van der Waals surface area contributed by atoms with Crippen molar-refractivity contribution < 1.29 is 13.7 Å². The van der Waals surface area contributed by atoms with E-state index in [0.717, 1.165) is 73.3 Å². The minimum absolute atomic E-state index is 0.114. The van der Waals surface area contributed by atoms with E-state index in [1.165, 1.54) is 30.7 Å². The molecule has 0 amide bonds. The van der Waals surface area contributed by atoms with Gasteiger partial charge in [-0.25, -0.2) is 4.39 Å². The predicted molar refractivity (Wildman–Crippen MR) is 151 cm³/mol. The van der Waals surface area contributed by atoms with Crippen molar-refractivity contribution in [3.63, 3.8) is 0 Å². The number of allylic oxidation sites excluding steroid dienone is 4.